The van der Waals surface area contributed by atoms with E-state index in [1.165, 1.54) is 0 Å². The molecule has 2 rings (SSSR count). The third-order valence-corrected chi connectivity index (χ3v) is 3.49. The molecule has 0 aromatic carbocycles. The van der Waals surface area contributed by atoms with Crippen molar-refractivity contribution >= 4 is 17.9 Å². The van der Waals surface area contributed by atoms with Gasteiger partial charge in [-0.2, -0.15) is 0 Å². The number of allylic oxidation sites excluding steroid dienone is 4. The van der Waals surface area contributed by atoms with Crippen LogP contribution in [0.5, 0.6) is 0 Å². The molecule has 0 radical (unpaired) electrons. The monoisotopic (exact) mass is 350 g/mol. The Labute approximate surface area is 145 Å². The number of hydrogen-bond donors (Lipinski definition) is 4. The Balaban J connectivity index is 0.000000293. The van der Waals surface area contributed by atoms with Crippen LogP contribution in [0.15, 0.2) is 46.5 Å². The van der Waals surface area contributed by atoms with Crippen LogP contribution in [0.4, 0.5) is 0 Å². The third-order valence-electron chi connectivity index (χ3n) is 3.49. The van der Waals surface area contributed by atoms with Gasteiger partial charge in [0.1, 0.15) is 0 Å². The van der Waals surface area contributed by atoms with Crippen molar-refractivity contribution in [2.45, 2.75) is 27.2 Å². The van der Waals surface area contributed by atoms with Crippen LogP contribution < -0.4 is 10.6 Å². The van der Waals surface area contributed by atoms with E-state index in [0.717, 1.165) is 0 Å². The van der Waals surface area contributed by atoms with Gasteiger partial charge in [0, 0.05) is 24.4 Å². The molecule has 8 nitrogen and oxygen atoms in total. The van der Waals surface area contributed by atoms with Crippen molar-refractivity contribution in [1.29, 1.82) is 0 Å². The number of carbonyl (C=O) groups excluding carboxylic acids is 1. The van der Waals surface area contributed by atoms with Crippen LogP contribution in [-0.2, 0) is 19.1 Å². The van der Waals surface area contributed by atoms with E-state index < -0.39 is 17.9 Å². The van der Waals surface area contributed by atoms with E-state index in [1.807, 2.05) is 0 Å². The molecule has 4 N–H and O–H groups in total. The SMILES string of the molecule is CCOC(=O)C1=C(C)NC(C)=C(C(=O)O)C1.O=C(O)C1=CC=CNC1. The zero-order valence-corrected chi connectivity index (χ0v) is 14.4. The van der Waals surface area contributed by atoms with E-state index in [9.17, 15) is 14.4 Å². The number of rotatable bonds is 4. The van der Waals surface area contributed by atoms with Crippen LogP contribution in [0.3, 0.4) is 0 Å². The molecule has 0 spiro atoms. The summed E-state index contributed by atoms with van der Waals surface area (Å²) in [5.74, 6) is -2.33. The molecule has 0 aliphatic carbocycles. The van der Waals surface area contributed by atoms with Crippen molar-refractivity contribution in [3.05, 3.63) is 46.5 Å². The van der Waals surface area contributed by atoms with Crippen LogP contribution >= 0.6 is 0 Å². The van der Waals surface area contributed by atoms with Gasteiger partial charge in [-0.25, -0.2) is 14.4 Å². The minimum atomic E-state index is -1.01. The number of carbonyl (C=O) groups is 3. The van der Waals surface area contributed by atoms with Crippen LogP contribution in [-0.4, -0.2) is 41.3 Å². The highest BCUT2D eigenvalue weighted by Crippen LogP contribution is 2.23. The van der Waals surface area contributed by atoms with Crippen molar-refractivity contribution in [3.8, 4) is 0 Å². The normalized spacial score (nSPS) is 16.0. The molecular formula is C17H22N2O6. The van der Waals surface area contributed by atoms with Gasteiger partial charge in [0.25, 0.3) is 0 Å². The Bertz CT molecular complexity index is 685. The molecule has 136 valence electrons. The maximum Gasteiger partial charge on any atom is 0.336 e. The summed E-state index contributed by atoms with van der Waals surface area (Å²) >= 11 is 0. The minimum Gasteiger partial charge on any atom is -0.478 e. The highest BCUT2D eigenvalue weighted by atomic mass is 16.5. The number of dihydropyridines is 2. The second kappa shape index (κ2) is 9.31. The molecule has 2 aliphatic rings. The second-order valence-corrected chi connectivity index (χ2v) is 5.27. The fourth-order valence-electron chi connectivity index (χ4n) is 2.16. The van der Waals surface area contributed by atoms with Gasteiger partial charge in [0.15, 0.2) is 0 Å². The Kier molecular flexibility index (Phi) is 7.45. The molecule has 0 amide bonds. The molecule has 2 aliphatic heterocycles. The van der Waals surface area contributed by atoms with Gasteiger partial charge >= 0.3 is 17.9 Å². The van der Waals surface area contributed by atoms with Crippen molar-refractivity contribution in [3.63, 3.8) is 0 Å². The Hall–Kier alpha value is -3.03. The van der Waals surface area contributed by atoms with Gasteiger partial charge in [0.05, 0.1) is 23.3 Å². The van der Waals surface area contributed by atoms with Crippen LogP contribution in [0.2, 0.25) is 0 Å². The van der Waals surface area contributed by atoms with Gasteiger partial charge in [-0.1, -0.05) is 0 Å². The summed E-state index contributed by atoms with van der Waals surface area (Å²) in [5, 5.41) is 23.0. The standard InChI is InChI=1S/C11H15NO4.C6H7NO2/c1-4-16-11(15)9-5-8(10(13)14)6(2)12-7(9)3;8-6(9)5-2-1-3-7-4-5/h12H,4-5H2,1-3H3,(H,13,14);1-3,7H,4H2,(H,8,9). The van der Waals surface area contributed by atoms with E-state index in [1.54, 1.807) is 39.1 Å². The van der Waals surface area contributed by atoms with Crippen LogP contribution in [0.25, 0.3) is 0 Å². The number of esters is 1. The molecule has 0 unspecified atom stereocenters. The highest BCUT2D eigenvalue weighted by molar-refractivity contribution is 5.95. The number of carboxylic acid groups (broad SMARTS) is 2. The first-order valence-corrected chi connectivity index (χ1v) is 7.67. The topological polar surface area (TPSA) is 125 Å². The summed E-state index contributed by atoms with van der Waals surface area (Å²) in [6.45, 7) is 5.82. The van der Waals surface area contributed by atoms with E-state index >= 15 is 0 Å². The predicted molar refractivity (Wildman–Crippen MR) is 90.3 cm³/mol. The smallest absolute Gasteiger partial charge is 0.336 e. The Morgan fingerprint density at radius 1 is 1.12 bits per heavy atom. The largest absolute Gasteiger partial charge is 0.478 e. The summed E-state index contributed by atoms with van der Waals surface area (Å²) in [5.41, 5.74) is 2.20. The van der Waals surface area contributed by atoms with Crippen LogP contribution in [0, 0.1) is 0 Å². The lowest BCUT2D eigenvalue weighted by Crippen LogP contribution is -2.25. The predicted octanol–water partition coefficient (Wildman–Crippen LogP) is 1.29. The van der Waals surface area contributed by atoms with Crippen LogP contribution in [0.1, 0.15) is 27.2 Å². The van der Waals surface area contributed by atoms with E-state index in [0.29, 0.717) is 29.1 Å². The Morgan fingerprint density at radius 3 is 2.20 bits per heavy atom. The molecule has 0 bridgehead atoms. The van der Waals surface area contributed by atoms with Crippen molar-refractivity contribution in [2.24, 2.45) is 0 Å². The summed E-state index contributed by atoms with van der Waals surface area (Å²) in [6, 6.07) is 0. The molecule has 0 saturated heterocycles. The molecule has 0 aromatic rings. The third kappa shape index (κ3) is 5.83. The molecule has 2 heterocycles. The molecule has 0 aromatic heterocycles. The van der Waals surface area contributed by atoms with E-state index in [4.69, 9.17) is 14.9 Å². The number of carboxylic acids is 2. The van der Waals surface area contributed by atoms with Gasteiger partial charge in [-0.15, -0.1) is 0 Å². The molecule has 25 heavy (non-hydrogen) atoms. The van der Waals surface area contributed by atoms with Gasteiger partial charge in [-0.3, -0.25) is 0 Å². The van der Waals surface area contributed by atoms with Gasteiger partial charge < -0.3 is 25.6 Å². The summed E-state index contributed by atoms with van der Waals surface area (Å²) in [6.07, 6.45) is 5.08. The number of hydrogen-bond acceptors (Lipinski definition) is 6. The van der Waals surface area contributed by atoms with Crippen molar-refractivity contribution < 1.29 is 29.3 Å². The fraction of sp³-hybridized carbons (Fsp3) is 0.353. The lowest BCUT2D eigenvalue weighted by atomic mass is 9.98. The highest BCUT2D eigenvalue weighted by Gasteiger charge is 2.25. The Morgan fingerprint density at radius 2 is 1.76 bits per heavy atom. The van der Waals surface area contributed by atoms with E-state index in [2.05, 4.69) is 10.6 Å². The minimum absolute atomic E-state index is 0.110. The quantitative estimate of drug-likeness (QED) is 0.559. The first kappa shape index (κ1) is 20.0. The summed E-state index contributed by atoms with van der Waals surface area (Å²) < 4.78 is 4.86. The first-order chi connectivity index (χ1) is 11.8. The van der Waals surface area contributed by atoms with E-state index in [-0.39, 0.29) is 18.6 Å². The lowest BCUT2D eigenvalue weighted by molar-refractivity contribution is -0.138. The average Bonchev–Trinajstić information content (AvgIpc) is 2.56. The maximum atomic E-state index is 11.5. The second-order valence-electron chi connectivity index (χ2n) is 5.27. The lowest BCUT2D eigenvalue weighted by Gasteiger charge is -2.21. The van der Waals surface area contributed by atoms with Crippen molar-refractivity contribution in [2.75, 3.05) is 13.2 Å². The number of nitrogens with one attached hydrogen (secondary N) is 2. The first-order valence-electron chi connectivity index (χ1n) is 7.67. The van der Waals surface area contributed by atoms with Gasteiger partial charge in [0.2, 0.25) is 0 Å². The molecule has 0 saturated carbocycles. The zero-order chi connectivity index (χ0) is 19.0. The number of aliphatic carboxylic acids is 2. The molecule has 0 fully saturated rings. The average molecular weight is 350 g/mol. The molecule has 8 heteroatoms. The summed E-state index contributed by atoms with van der Waals surface area (Å²) in [7, 11) is 0. The van der Waals surface area contributed by atoms with Gasteiger partial charge in [-0.05, 0) is 39.1 Å². The molecule has 0 atom stereocenters. The molecular weight excluding hydrogens is 328 g/mol. The van der Waals surface area contributed by atoms with Crippen molar-refractivity contribution in [1.82, 2.24) is 10.6 Å². The fourth-order valence-corrected chi connectivity index (χ4v) is 2.16. The maximum absolute atomic E-state index is 11.5. The zero-order valence-electron chi connectivity index (χ0n) is 14.4. The number of ether oxygens (including phenoxy) is 1. The summed E-state index contributed by atoms with van der Waals surface area (Å²) in [4.78, 5) is 32.7.